The van der Waals surface area contributed by atoms with Crippen LogP contribution in [0.1, 0.15) is 5.56 Å². The second-order valence-corrected chi connectivity index (χ2v) is 4.43. The molecule has 1 atom stereocenters. The minimum absolute atomic E-state index is 0.0565. The summed E-state index contributed by atoms with van der Waals surface area (Å²) in [5.41, 5.74) is 0.607. The summed E-state index contributed by atoms with van der Waals surface area (Å²) >= 11 is 5.42. The van der Waals surface area contributed by atoms with Crippen molar-refractivity contribution in [3.8, 4) is 0 Å². The number of nitrogens with one attached hydrogen (secondary N) is 1. The van der Waals surface area contributed by atoms with Gasteiger partial charge in [0, 0.05) is 0 Å². The maximum atomic E-state index is 12.0. The summed E-state index contributed by atoms with van der Waals surface area (Å²) in [5, 5.41) is 2.34. The van der Waals surface area contributed by atoms with Gasteiger partial charge in [0.2, 0.25) is 5.91 Å². The Hall–Kier alpha value is -2.34. The van der Waals surface area contributed by atoms with Crippen molar-refractivity contribution in [2.75, 3.05) is 20.1 Å². The fraction of sp³-hybridized carbons (Fsp3) is 0.267. The molecule has 0 aliphatic rings. The Bertz CT molecular complexity index is 571. The van der Waals surface area contributed by atoms with E-state index in [0.29, 0.717) is 5.56 Å². The van der Waals surface area contributed by atoms with Gasteiger partial charge in [-0.15, -0.1) is 11.6 Å². The van der Waals surface area contributed by atoms with Crippen molar-refractivity contribution in [1.82, 2.24) is 5.32 Å². The Morgan fingerprint density at radius 1 is 1.18 bits per heavy atom. The molecule has 0 fully saturated rings. The SMILES string of the molecule is COC(=O)/C(=C/c1ccccc1)C(NC(=O)CCl)C(=O)OC. The van der Waals surface area contributed by atoms with Crippen LogP contribution in [0.5, 0.6) is 0 Å². The van der Waals surface area contributed by atoms with Crippen LogP contribution in [-0.2, 0) is 23.9 Å². The summed E-state index contributed by atoms with van der Waals surface area (Å²) in [7, 11) is 2.33. The molecule has 7 heteroatoms. The van der Waals surface area contributed by atoms with E-state index < -0.39 is 23.9 Å². The van der Waals surface area contributed by atoms with Gasteiger partial charge in [0.1, 0.15) is 5.88 Å². The van der Waals surface area contributed by atoms with Crippen molar-refractivity contribution in [2.45, 2.75) is 6.04 Å². The molecular formula is C15H16ClNO5. The van der Waals surface area contributed by atoms with E-state index in [1.165, 1.54) is 13.2 Å². The van der Waals surface area contributed by atoms with Crippen molar-refractivity contribution in [2.24, 2.45) is 0 Å². The topological polar surface area (TPSA) is 81.7 Å². The predicted octanol–water partition coefficient (Wildman–Crippen LogP) is 1.14. The molecule has 1 amide bonds. The zero-order valence-electron chi connectivity index (χ0n) is 12.2. The Balaban J connectivity index is 3.25. The van der Waals surface area contributed by atoms with E-state index in [1.807, 2.05) is 6.07 Å². The minimum Gasteiger partial charge on any atom is -0.467 e. The Morgan fingerprint density at radius 2 is 1.82 bits per heavy atom. The Labute approximate surface area is 133 Å². The zero-order valence-corrected chi connectivity index (χ0v) is 12.9. The number of alkyl halides is 1. The molecule has 0 aliphatic heterocycles. The number of carbonyl (C=O) groups is 3. The highest BCUT2D eigenvalue weighted by atomic mass is 35.5. The van der Waals surface area contributed by atoms with Gasteiger partial charge in [0.25, 0.3) is 0 Å². The molecule has 0 saturated heterocycles. The Morgan fingerprint density at radius 3 is 2.32 bits per heavy atom. The molecule has 0 saturated carbocycles. The summed E-state index contributed by atoms with van der Waals surface area (Å²) in [6.07, 6.45) is 1.45. The summed E-state index contributed by atoms with van der Waals surface area (Å²) in [6, 6.07) is 7.52. The van der Waals surface area contributed by atoms with Crippen molar-refractivity contribution in [3.05, 3.63) is 41.5 Å². The number of methoxy groups -OCH3 is 2. The van der Waals surface area contributed by atoms with E-state index in [1.54, 1.807) is 24.3 Å². The third-order valence-electron chi connectivity index (χ3n) is 2.72. The lowest BCUT2D eigenvalue weighted by Gasteiger charge is -2.18. The summed E-state index contributed by atoms with van der Waals surface area (Å²) in [5.74, 6) is -2.52. The lowest BCUT2D eigenvalue weighted by Crippen LogP contribution is -2.45. The quantitative estimate of drug-likeness (QED) is 0.482. The average Bonchev–Trinajstić information content (AvgIpc) is 2.57. The molecule has 0 heterocycles. The van der Waals surface area contributed by atoms with Gasteiger partial charge in [0.05, 0.1) is 19.8 Å². The van der Waals surface area contributed by atoms with E-state index in [4.69, 9.17) is 11.6 Å². The van der Waals surface area contributed by atoms with Gasteiger partial charge in [-0.1, -0.05) is 30.3 Å². The summed E-state index contributed by atoms with van der Waals surface area (Å²) in [4.78, 5) is 35.3. The first kappa shape index (κ1) is 17.7. The first-order valence-electron chi connectivity index (χ1n) is 6.31. The third-order valence-corrected chi connectivity index (χ3v) is 2.96. The number of rotatable bonds is 6. The van der Waals surface area contributed by atoms with E-state index in [2.05, 4.69) is 14.8 Å². The molecule has 1 aromatic carbocycles. The van der Waals surface area contributed by atoms with Crippen LogP contribution in [0.3, 0.4) is 0 Å². The first-order chi connectivity index (χ1) is 10.5. The molecule has 1 rings (SSSR count). The van der Waals surface area contributed by atoms with Crippen LogP contribution in [-0.4, -0.2) is 44.0 Å². The molecule has 1 N–H and O–H groups in total. The lowest BCUT2D eigenvalue weighted by molar-refractivity contribution is -0.146. The van der Waals surface area contributed by atoms with E-state index in [-0.39, 0.29) is 11.5 Å². The van der Waals surface area contributed by atoms with Crippen LogP contribution < -0.4 is 5.32 Å². The normalized spacial score (nSPS) is 12.2. The molecule has 1 unspecified atom stereocenters. The van der Waals surface area contributed by atoms with Gasteiger partial charge in [-0.2, -0.15) is 0 Å². The molecule has 0 bridgehead atoms. The second-order valence-electron chi connectivity index (χ2n) is 4.16. The monoisotopic (exact) mass is 325 g/mol. The molecule has 0 aromatic heterocycles. The van der Waals surface area contributed by atoms with Crippen molar-refractivity contribution < 1.29 is 23.9 Å². The molecule has 0 radical (unpaired) electrons. The van der Waals surface area contributed by atoms with Gasteiger partial charge < -0.3 is 14.8 Å². The van der Waals surface area contributed by atoms with Gasteiger partial charge >= 0.3 is 11.9 Å². The molecule has 1 aromatic rings. The largest absolute Gasteiger partial charge is 0.467 e. The number of hydrogen-bond donors (Lipinski definition) is 1. The number of hydrogen-bond acceptors (Lipinski definition) is 5. The highest BCUT2D eigenvalue weighted by molar-refractivity contribution is 6.27. The molecule has 22 heavy (non-hydrogen) atoms. The molecule has 0 aliphatic carbocycles. The van der Waals surface area contributed by atoms with Crippen LogP contribution >= 0.6 is 11.6 Å². The van der Waals surface area contributed by atoms with Gasteiger partial charge in [-0.05, 0) is 11.6 Å². The van der Waals surface area contributed by atoms with Crippen LogP contribution in [0.15, 0.2) is 35.9 Å². The lowest BCUT2D eigenvalue weighted by atomic mass is 10.0. The number of amides is 1. The highest BCUT2D eigenvalue weighted by Gasteiger charge is 2.30. The fourth-order valence-corrected chi connectivity index (χ4v) is 1.76. The first-order valence-corrected chi connectivity index (χ1v) is 6.85. The third kappa shape index (κ3) is 4.89. The van der Waals surface area contributed by atoms with E-state index >= 15 is 0 Å². The highest BCUT2D eigenvalue weighted by Crippen LogP contribution is 2.13. The van der Waals surface area contributed by atoms with Crippen LogP contribution in [0.2, 0.25) is 0 Å². The number of carbonyl (C=O) groups excluding carboxylic acids is 3. The number of benzene rings is 1. The molecule has 118 valence electrons. The standard InChI is InChI=1S/C15H16ClNO5/c1-21-14(19)11(8-10-6-4-3-5-7-10)13(15(20)22-2)17-12(18)9-16/h3-8,13H,9H2,1-2H3,(H,17,18)/b11-8+. The summed E-state index contributed by atoms with van der Waals surface area (Å²) < 4.78 is 9.30. The zero-order chi connectivity index (χ0) is 16.5. The number of halogens is 1. The molecular weight excluding hydrogens is 310 g/mol. The van der Waals surface area contributed by atoms with Crippen LogP contribution in [0.4, 0.5) is 0 Å². The van der Waals surface area contributed by atoms with Crippen LogP contribution in [0, 0.1) is 0 Å². The fourth-order valence-electron chi connectivity index (χ4n) is 1.69. The van der Waals surface area contributed by atoms with E-state index in [9.17, 15) is 14.4 Å². The molecule has 6 nitrogen and oxygen atoms in total. The second kappa shape index (κ2) is 8.84. The smallest absolute Gasteiger partial charge is 0.336 e. The van der Waals surface area contributed by atoms with Crippen molar-refractivity contribution in [1.29, 1.82) is 0 Å². The minimum atomic E-state index is -1.30. The summed E-state index contributed by atoms with van der Waals surface area (Å²) in [6.45, 7) is 0. The predicted molar refractivity (Wildman–Crippen MR) is 81.1 cm³/mol. The van der Waals surface area contributed by atoms with Crippen molar-refractivity contribution in [3.63, 3.8) is 0 Å². The van der Waals surface area contributed by atoms with E-state index in [0.717, 1.165) is 7.11 Å². The average molecular weight is 326 g/mol. The maximum Gasteiger partial charge on any atom is 0.336 e. The van der Waals surface area contributed by atoms with Crippen molar-refractivity contribution >= 4 is 35.5 Å². The maximum absolute atomic E-state index is 12.0. The van der Waals surface area contributed by atoms with Gasteiger partial charge in [-0.25, -0.2) is 9.59 Å². The van der Waals surface area contributed by atoms with Gasteiger partial charge in [-0.3, -0.25) is 4.79 Å². The van der Waals surface area contributed by atoms with Gasteiger partial charge in [0.15, 0.2) is 6.04 Å². The Kier molecular flexibility index (Phi) is 7.12. The van der Waals surface area contributed by atoms with Crippen LogP contribution in [0.25, 0.3) is 6.08 Å². The number of esters is 2. The number of ether oxygens (including phenoxy) is 2. The molecule has 0 spiro atoms.